The summed E-state index contributed by atoms with van der Waals surface area (Å²) in [7, 11) is -0.602. The zero-order valence-electron chi connectivity index (χ0n) is 11.7. The van der Waals surface area contributed by atoms with Gasteiger partial charge in [-0.3, -0.25) is 0 Å². The molecule has 0 unspecified atom stereocenters. The first kappa shape index (κ1) is 16.1. The van der Waals surface area contributed by atoms with Crippen LogP contribution >= 0.6 is 22.6 Å². The van der Waals surface area contributed by atoms with Crippen molar-refractivity contribution < 1.29 is 8.42 Å². The number of nitrogens with one attached hydrogen (secondary N) is 1. The maximum atomic E-state index is 12.2. The molecule has 112 valence electrons. The Morgan fingerprint density at radius 2 is 1.71 bits per heavy atom. The lowest BCUT2D eigenvalue weighted by Gasteiger charge is -2.16. The molecule has 21 heavy (non-hydrogen) atoms. The molecule has 0 aliphatic heterocycles. The van der Waals surface area contributed by atoms with E-state index in [2.05, 4.69) is 27.9 Å². The van der Waals surface area contributed by atoms with E-state index in [4.69, 9.17) is 5.73 Å². The molecule has 2 aromatic rings. The number of nitrogens with zero attached hydrogens (tertiary/aromatic N) is 1. The monoisotopic (exact) mass is 417 g/mol. The number of sulfonamides is 1. The normalized spacial score (nSPS) is 11.6. The second kappa shape index (κ2) is 6.20. The molecule has 0 heterocycles. The summed E-state index contributed by atoms with van der Waals surface area (Å²) in [6.07, 6.45) is 0. The zero-order valence-corrected chi connectivity index (χ0v) is 14.6. The van der Waals surface area contributed by atoms with Gasteiger partial charge >= 0.3 is 0 Å². The molecule has 0 aliphatic rings. The lowest BCUT2D eigenvalue weighted by molar-refractivity contribution is 0.521. The van der Waals surface area contributed by atoms with Gasteiger partial charge in [0.05, 0.1) is 11.4 Å². The van der Waals surface area contributed by atoms with E-state index >= 15 is 0 Å². The van der Waals surface area contributed by atoms with Crippen LogP contribution in [0.25, 0.3) is 0 Å². The minimum Gasteiger partial charge on any atom is -0.396 e. The summed E-state index contributed by atoms with van der Waals surface area (Å²) in [6.45, 7) is 0. The van der Waals surface area contributed by atoms with E-state index < -0.39 is 10.0 Å². The zero-order chi connectivity index (χ0) is 15.6. The van der Waals surface area contributed by atoms with E-state index in [1.54, 1.807) is 12.1 Å². The van der Waals surface area contributed by atoms with E-state index in [-0.39, 0.29) is 10.6 Å². The molecule has 0 amide bonds. The molecule has 0 saturated carbocycles. The fraction of sp³-hybridized carbons (Fsp3) is 0.143. The Labute approximate surface area is 138 Å². The third-order valence-corrected chi connectivity index (χ3v) is 5.54. The van der Waals surface area contributed by atoms with Gasteiger partial charge in [-0.05, 0) is 59.0 Å². The highest BCUT2D eigenvalue weighted by atomic mass is 127. The number of rotatable bonds is 4. The predicted octanol–water partition coefficient (Wildman–Crippen LogP) is 2.87. The number of nitrogens with two attached hydrogens (primary N) is 1. The molecule has 5 nitrogen and oxygen atoms in total. The highest BCUT2D eigenvalue weighted by Gasteiger charge is 2.21. The number of nitrogen functional groups attached to an aromatic ring is 1. The Bertz CT molecular complexity index is 743. The van der Waals surface area contributed by atoms with Crippen LogP contribution in [0.15, 0.2) is 47.4 Å². The average molecular weight is 417 g/mol. The number of para-hydroxylation sites is 1. The third kappa shape index (κ3) is 3.47. The van der Waals surface area contributed by atoms with Crippen molar-refractivity contribution in [2.24, 2.45) is 0 Å². The highest BCUT2D eigenvalue weighted by Crippen LogP contribution is 2.30. The van der Waals surface area contributed by atoms with E-state index in [0.717, 1.165) is 13.6 Å². The largest absolute Gasteiger partial charge is 0.396 e. The van der Waals surface area contributed by atoms with Crippen molar-refractivity contribution in [3.05, 3.63) is 46.0 Å². The van der Waals surface area contributed by atoms with Gasteiger partial charge in [0.1, 0.15) is 4.90 Å². The van der Waals surface area contributed by atoms with Crippen LogP contribution in [-0.2, 0) is 10.0 Å². The number of benzene rings is 2. The van der Waals surface area contributed by atoms with Gasteiger partial charge < -0.3 is 11.1 Å². The van der Waals surface area contributed by atoms with Crippen LogP contribution in [0.5, 0.6) is 0 Å². The molecular formula is C14H16IN3O2S. The van der Waals surface area contributed by atoms with Gasteiger partial charge in [0.15, 0.2) is 0 Å². The van der Waals surface area contributed by atoms with Crippen molar-refractivity contribution in [2.75, 3.05) is 25.1 Å². The molecule has 0 spiro atoms. The molecule has 2 aromatic carbocycles. The number of anilines is 3. The van der Waals surface area contributed by atoms with Crippen molar-refractivity contribution in [1.82, 2.24) is 4.31 Å². The van der Waals surface area contributed by atoms with Gasteiger partial charge in [0, 0.05) is 23.4 Å². The minimum absolute atomic E-state index is 0.100. The van der Waals surface area contributed by atoms with Gasteiger partial charge in [-0.25, -0.2) is 12.7 Å². The summed E-state index contributed by atoms with van der Waals surface area (Å²) in [6, 6.07) is 12.7. The Hall–Kier alpha value is -1.32. The average Bonchev–Trinajstić information content (AvgIpc) is 2.43. The van der Waals surface area contributed by atoms with Crippen LogP contribution in [0.1, 0.15) is 0 Å². The summed E-state index contributed by atoms with van der Waals surface area (Å²) in [5, 5.41) is 3.14. The smallest absolute Gasteiger partial charge is 0.244 e. The van der Waals surface area contributed by atoms with Crippen molar-refractivity contribution >= 4 is 49.7 Å². The van der Waals surface area contributed by atoms with Crippen molar-refractivity contribution in [2.45, 2.75) is 4.90 Å². The predicted molar refractivity (Wildman–Crippen MR) is 94.2 cm³/mol. The van der Waals surface area contributed by atoms with Crippen LogP contribution in [0.3, 0.4) is 0 Å². The van der Waals surface area contributed by atoms with Gasteiger partial charge in [-0.1, -0.05) is 6.07 Å². The summed E-state index contributed by atoms with van der Waals surface area (Å²) in [5.41, 5.74) is 7.65. The van der Waals surface area contributed by atoms with E-state index in [0.29, 0.717) is 5.69 Å². The maximum absolute atomic E-state index is 12.2. The van der Waals surface area contributed by atoms with Crippen molar-refractivity contribution in [1.29, 1.82) is 0 Å². The molecule has 3 N–H and O–H groups in total. The molecule has 7 heteroatoms. The van der Waals surface area contributed by atoms with E-state index in [9.17, 15) is 8.42 Å². The first-order valence-electron chi connectivity index (χ1n) is 6.16. The Kier molecular flexibility index (Phi) is 4.74. The summed E-state index contributed by atoms with van der Waals surface area (Å²) < 4.78 is 26.7. The summed E-state index contributed by atoms with van der Waals surface area (Å²) in [4.78, 5) is 0.100. The first-order valence-corrected chi connectivity index (χ1v) is 8.68. The first-order chi connectivity index (χ1) is 9.82. The van der Waals surface area contributed by atoms with Gasteiger partial charge in [-0.15, -0.1) is 0 Å². The van der Waals surface area contributed by atoms with Crippen LogP contribution in [0.2, 0.25) is 0 Å². The Balaban J connectivity index is 2.41. The Morgan fingerprint density at radius 3 is 2.29 bits per heavy atom. The molecular weight excluding hydrogens is 401 g/mol. The number of hydrogen-bond acceptors (Lipinski definition) is 4. The van der Waals surface area contributed by atoms with Crippen LogP contribution < -0.4 is 11.1 Å². The van der Waals surface area contributed by atoms with E-state index in [1.807, 2.05) is 24.3 Å². The second-order valence-corrected chi connectivity index (χ2v) is 8.00. The number of halogens is 1. The number of hydrogen-bond donors (Lipinski definition) is 2. The molecule has 0 saturated heterocycles. The van der Waals surface area contributed by atoms with Crippen LogP contribution in [0.4, 0.5) is 17.1 Å². The highest BCUT2D eigenvalue weighted by molar-refractivity contribution is 14.1. The molecule has 0 radical (unpaired) electrons. The summed E-state index contributed by atoms with van der Waals surface area (Å²) >= 11 is 2.22. The lowest BCUT2D eigenvalue weighted by Crippen LogP contribution is -2.23. The standard InChI is InChI=1S/C14H16IN3O2S/c1-18(2)21(19,20)13-5-3-4-12(14(13)16)17-11-8-6-10(15)7-9-11/h3-9,17H,16H2,1-2H3. The Morgan fingerprint density at radius 1 is 1.10 bits per heavy atom. The van der Waals surface area contributed by atoms with Crippen molar-refractivity contribution in [3.8, 4) is 0 Å². The maximum Gasteiger partial charge on any atom is 0.244 e. The summed E-state index contributed by atoms with van der Waals surface area (Å²) in [5.74, 6) is 0. The molecule has 0 bridgehead atoms. The van der Waals surface area contributed by atoms with Crippen LogP contribution in [0, 0.1) is 3.57 Å². The van der Waals surface area contributed by atoms with Crippen molar-refractivity contribution in [3.63, 3.8) is 0 Å². The fourth-order valence-electron chi connectivity index (χ4n) is 1.76. The quantitative estimate of drug-likeness (QED) is 0.593. The molecule has 0 aromatic heterocycles. The molecule has 0 aliphatic carbocycles. The third-order valence-electron chi connectivity index (χ3n) is 2.95. The second-order valence-electron chi connectivity index (χ2n) is 4.64. The fourth-order valence-corrected chi connectivity index (χ4v) is 3.15. The molecule has 0 fully saturated rings. The van der Waals surface area contributed by atoms with Gasteiger partial charge in [-0.2, -0.15) is 0 Å². The van der Waals surface area contributed by atoms with Gasteiger partial charge in [0.2, 0.25) is 10.0 Å². The lowest BCUT2D eigenvalue weighted by atomic mass is 10.2. The SMILES string of the molecule is CN(C)S(=O)(=O)c1cccc(Nc2ccc(I)cc2)c1N. The molecule has 0 atom stereocenters. The van der Waals surface area contributed by atoms with Gasteiger partial charge in [0.25, 0.3) is 0 Å². The molecule has 2 rings (SSSR count). The topological polar surface area (TPSA) is 75.4 Å². The minimum atomic E-state index is -3.56. The van der Waals surface area contributed by atoms with E-state index in [1.165, 1.54) is 20.2 Å². The van der Waals surface area contributed by atoms with Crippen LogP contribution in [-0.4, -0.2) is 26.8 Å².